The lowest BCUT2D eigenvalue weighted by molar-refractivity contribution is -0.129. The molecule has 0 radical (unpaired) electrons. The lowest BCUT2D eigenvalue weighted by Gasteiger charge is -2.33. The zero-order valence-corrected chi connectivity index (χ0v) is 15.2. The van der Waals surface area contributed by atoms with Crippen LogP contribution in [-0.4, -0.2) is 37.6 Å². The van der Waals surface area contributed by atoms with Crippen LogP contribution in [0.4, 0.5) is 5.69 Å². The molecule has 0 bridgehead atoms. The van der Waals surface area contributed by atoms with E-state index in [1.165, 1.54) is 16.9 Å². The van der Waals surface area contributed by atoms with Crippen LogP contribution in [0.5, 0.6) is 0 Å². The van der Waals surface area contributed by atoms with Crippen LogP contribution in [0.1, 0.15) is 35.0 Å². The first kappa shape index (κ1) is 17.6. The summed E-state index contributed by atoms with van der Waals surface area (Å²) in [5, 5.41) is 4.74. The molecular formula is C19H22N2O3S. The van der Waals surface area contributed by atoms with Crippen molar-refractivity contribution < 1.29 is 14.3 Å². The Bertz CT molecular complexity index is 726. The van der Waals surface area contributed by atoms with Crippen molar-refractivity contribution >= 4 is 28.8 Å². The maximum atomic E-state index is 12.2. The number of morpholine rings is 1. The molecule has 1 aromatic carbocycles. The Morgan fingerprint density at radius 2 is 2.08 bits per heavy atom. The molecule has 0 saturated carbocycles. The minimum absolute atomic E-state index is 0.0332. The highest BCUT2D eigenvalue weighted by molar-refractivity contribution is 7.12. The summed E-state index contributed by atoms with van der Waals surface area (Å²) in [6, 6.07) is 11.7. The molecule has 1 aliphatic heterocycles. The molecule has 25 heavy (non-hydrogen) atoms. The van der Waals surface area contributed by atoms with E-state index in [4.69, 9.17) is 4.74 Å². The fourth-order valence-electron chi connectivity index (χ4n) is 2.74. The van der Waals surface area contributed by atoms with Crippen LogP contribution in [0.15, 0.2) is 41.8 Å². The quantitative estimate of drug-likeness (QED) is 0.894. The van der Waals surface area contributed by atoms with Gasteiger partial charge in [0.25, 0.3) is 11.8 Å². The summed E-state index contributed by atoms with van der Waals surface area (Å²) in [6.07, 6.45) is -0.216. The summed E-state index contributed by atoms with van der Waals surface area (Å²) in [5.41, 5.74) is 2.11. The predicted octanol–water partition coefficient (Wildman–Crippen LogP) is 3.03. The summed E-state index contributed by atoms with van der Waals surface area (Å²) < 4.78 is 5.57. The number of nitrogens with zero attached hydrogens (tertiary/aromatic N) is 1. The first-order valence-electron chi connectivity index (χ1n) is 8.38. The van der Waals surface area contributed by atoms with E-state index in [0.717, 1.165) is 5.69 Å². The van der Waals surface area contributed by atoms with Gasteiger partial charge >= 0.3 is 0 Å². The molecule has 0 spiro atoms. The van der Waals surface area contributed by atoms with Gasteiger partial charge < -0.3 is 15.0 Å². The van der Waals surface area contributed by atoms with Crippen LogP contribution in [-0.2, 0) is 9.53 Å². The van der Waals surface area contributed by atoms with Crippen LogP contribution >= 0.6 is 11.3 Å². The fourth-order valence-corrected chi connectivity index (χ4v) is 3.38. The molecule has 1 atom stereocenters. The molecule has 2 amide bonds. The maximum Gasteiger partial charge on any atom is 0.261 e. The summed E-state index contributed by atoms with van der Waals surface area (Å²) in [7, 11) is 0. The second-order valence-electron chi connectivity index (χ2n) is 6.37. The molecule has 5 nitrogen and oxygen atoms in total. The van der Waals surface area contributed by atoms with Gasteiger partial charge in [0.1, 0.15) is 6.61 Å². The van der Waals surface area contributed by atoms with Gasteiger partial charge in [-0.15, -0.1) is 11.3 Å². The molecule has 1 N–H and O–H groups in total. The van der Waals surface area contributed by atoms with E-state index in [-0.39, 0.29) is 24.5 Å². The number of carbonyl (C=O) groups excluding carboxylic acids is 2. The van der Waals surface area contributed by atoms with E-state index >= 15 is 0 Å². The van der Waals surface area contributed by atoms with Crippen molar-refractivity contribution in [3.05, 3.63) is 52.2 Å². The van der Waals surface area contributed by atoms with Crippen molar-refractivity contribution in [3.8, 4) is 0 Å². The largest absolute Gasteiger partial charge is 0.365 e. The third-order valence-electron chi connectivity index (χ3n) is 4.24. The summed E-state index contributed by atoms with van der Waals surface area (Å²) in [5.74, 6) is 0.288. The van der Waals surface area contributed by atoms with Crippen LogP contribution in [0, 0.1) is 0 Å². The van der Waals surface area contributed by atoms with E-state index in [2.05, 4.69) is 31.3 Å². The third-order valence-corrected chi connectivity index (χ3v) is 5.11. The van der Waals surface area contributed by atoms with Gasteiger partial charge in [-0.3, -0.25) is 9.59 Å². The van der Waals surface area contributed by atoms with Crippen molar-refractivity contribution in [3.63, 3.8) is 0 Å². The topological polar surface area (TPSA) is 58.6 Å². The number of rotatable bonds is 5. The highest BCUT2D eigenvalue weighted by Gasteiger charge is 2.27. The average Bonchev–Trinajstić information content (AvgIpc) is 3.15. The van der Waals surface area contributed by atoms with Gasteiger partial charge in [0.2, 0.25) is 0 Å². The molecule has 1 unspecified atom stereocenters. The van der Waals surface area contributed by atoms with E-state index in [1.54, 1.807) is 11.0 Å². The Morgan fingerprint density at radius 1 is 1.32 bits per heavy atom. The lowest BCUT2D eigenvalue weighted by Crippen LogP contribution is -2.50. The molecule has 6 heteroatoms. The molecule has 2 heterocycles. The second-order valence-corrected chi connectivity index (χ2v) is 7.32. The average molecular weight is 358 g/mol. The van der Waals surface area contributed by atoms with Crippen molar-refractivity contribution in [1.29, 1.82) is 0 Å². The van der Waals surface area contributed by atoms with Crippen molar-refractivity contribution in [2.75, 3.05) is 24.6 Å². The van der Waals surface area contributed by atoms with Crippen molar-refractivity contribution in [1.82, 2.24) is 5.32 Å². The Kier molecular flexibility index (Phi) is 5.50. The molecule has 132 valence electrons. The van der Waals surface area contributed by atoms with Crippen LogP contribution in [0.2, 0.25) is 0 Å². The molecule has 0 aliphatic carbocycles. The highest BCUT2D eigenvalue weighted by atomic mass is 32.1. The first-order chi connectivity index (χ1) is 12.0. The van der Waals surface area contributed by atoms with E-state index in [1.807, 2.05) is 23.6 Å². The third kappa shape index (κ3) is 4.27. The molecule has 3 rings (SSSR count). The van der Waals surface area contributed by atoms with Gasteiger partial charge in [-0.25, -0.2) is 0 Å². The van der Waals surface area contributed by atoms with E-state index in [0.29, 0.717) is 23.9 Å². The van der Waals surface area contributed by atoms with Gasteiger partial charge in [-0.05, 0) is 35.1 Å². The van der Waals surface area contributed by atoms with Gasteiger partial charge in [0.15, 0.2) is 0 Å². The maximum absolute atomic E-state index is 12.2. The predicted molar refractivity (Wildman–Crippen MR) is 99.3 cm³/mol. The van der Waals surface area contributed by atoms with E-state index in [9.17, 15) is 9.59 Å². The molecule has 1 saturated heterocycles. The minimum Gasteiger partial charge on any atom is -0.365 e. The number of ether oxygens (including phenoxy) is 1. The monoisotopic (exact) mass is 358 g/mol. The zero-order chi connectivity index (χ0) is 17.8. The number of hydrogen-bond donors (Lipinski definition) is 1. The van der Waals surface area contributed by atoms with Crippen molar-refractivity contribution in [2.24, 2.45) is 0 Å². The Hall–Kier alpha value is -2.18. The molecule has 1 fully saturated rings. The molecule has 2 aromatic rings. The number of nitrogens with one attached hydrogen (secondary N) is 1. The number of hydrogen-bond acceptors (Lipinski definition) is 4. The fraction of sp³-hybridized carbons (Fsp3) is 0.368. The number of amides is 2. The number of carbonyl (C=O) groups is 2. The lowest BCUT2D eigenvalue weighted by atomic mass is 10.0. The summed E-state index contributed by atoms with van der Waals surface area (Å²) in [4.78, 5) is 26.6. The smallest absolute Gasteiger partial charge is 0.261 e. The standard InChI is InChI=1S/C19H22N2O3S/c1-13(2)14-5-7-15(8-6-14)21-11-16(24-12-18(21)22)10-20-19(23)17-4-3-9-25-17/h3-9,13,16H,10-12H2,1-2H3,(H,20,23). The van der Waals surface area contributed by atoms with Gasteiger partial charge in [0, 0.05) is 12.2 Å². The Balaban J connectivity index is 1.61. The highest BCUT2D eigenvalue weighted by Crippen LogP contribution is 2.22. The molecule has 1 aromatic heterocycles. The van der Waals surface area contributed by atoms with Crippen LogP contribution in [0.25, 0.3) is 0 Å². The first-order valence-corrected chi connectivity index (χ1v) is 9.26. The Labute approximate surface area is 151 Å². The SMILES string of the molecule is CC(C)c1ccc(N2CC(CNC(=O)c3cccs3)OCC2=O)cc1. The number of thiophene rings is 1. The Morgan fingerprint density at radius 3 is 2.72 bits per heavy atom. The number of benzene rings is 1. The molecule has 1 aliphatic rings. The normalized spacial score (nSPS) is 17.8. The summed E-state index contributed by atoms with van der Waals surface area (Å²) >= 11 is 1.40. The van der Waals surface area contributed by atoms with E-state index < -0.39 is 0 Å². The number of anilines is 1. The van der Waals surface area contributed by atoms with Gasteiger partial charge in [-0.1, -0.05) is 32.0 Å². The summed E-state index contributed by atoms with van der Waals surface area (Å²) in [6.45, 7) is 5.13. The molecular weight excluding hydrogens is 336 g/mol. The van der Waals surface area contributed by atoms with Gasteiger partial charge in [-0.2, -0.15) is 0 Å². The van der Waals surface area contributed by atoms with Crippen LogP contribution in [0.3, 0.4) is 0 Å². The minimum atomic E-state index is -0.216. The van der Waals surface area contributed by atoms with Gasteiger partial charge in [0.05, 0.1) is 17.5 Å². The zero-order valence-electron chi connectivity index (χ0n) is 14.4. The van der Waals surface area contributed by atoms with Crippen LogP contribution < -0.4 is 10.2 Å². The van der Waals surface area contributed by atoms with Crippen molar-refractivity contribution in [2.45, 2.75) is 25.9 Å². The second kappa shape index (κ2) is 7.80.